The molecule has 2 aromatic rings. The fourth-order valence-electron chi connectivity index (χ4n) is 1.60. The summed E-state index contributed by atoms with van der Waals surface area (Å²) in [5, 5.41) is 7.91. The maximum Gasteiger partial charge on any atom is 0.271 e. The molecule has 19 heavy (non-hydrogen) atoms. The molecule has 3 N–H and O–H groups in total. The Kier molecular flexibility index (Phi) is 4.31. The van der Waals surface area contributed by atoms with Gasteiger partial charge < -0.3 is 9.73 Å². The molecule has 0 aliphatic carbocycles. The van der Waals surface area contributed by atoms with E-state index in [2.05, 4.69) is 10.3 Å². The van der Waals surface area contributed by atoms with E-state index in [0.29, 0.717) is 12.3 Å². The van der Waals surface area contributed by atoms with Crippen LogP contribution in [0.1, 0.15) is 11.3 Å². The summed E-state index contributed by atoms with van der Waals surface area (Å²) in [4.78, 5) is 3.94. The summed E-state index contributed by atoms with van der Waals surface area (Å²) in [6.07, 6.45) is 4.37. The molecule has 7 heteroatoms. The van der Waals surface area contributed by atoms with Crippen molar-refractivity contribution in [2.24, 2.45) is 5.14 Å². The van der Waals surface area contributed by atoms with E-state index in [1.807, 2.05) is 12.1 Å². The van der Waals surface area contributed by atoms with E-state index in [0.717, 1.165) is 13.0 Å². The highest BCUT2D eigenvalue weighted by Crippen LogP contribution is 2.11. The number of aromatic nitrogens is 1. The van der Waals surface area contributed by atoms with Gasteiger partial charge in [-0.1, -0.05) is 0 Å². The minimum absolute atomic E-state index is 0.210. The average molecular weight is 281 g/mol. The molecule has 0 amide bonds. The fourth-order valence-corrected chi connectivity index (χ4v) is 2.08. The number of nitrogens with two attached hydrogens (primary N) is 1. The molecule has 0 spiro atoms. The van der Waals surface area contributed by atoms with E-state index in [1.165, 1.54) is 11.6 Å². The van der Waals surface area contributed by atoms with Crippen LogP contribution in [0.25, 0.3) is 0 Å². The third-order valence-electron chi connectivity index (χ3n) is 2.56. The molecule has 0 fully saturated rings. The minimum atomic E-state index is -3.76. The number of nitrogens with one attached hydrogen (secondary N) is 1. The highest BCUT2D eigenvalue weighted by molar-refractivity contribution is 7.89. The Morgan fingerprint density at radius 1 is 1.21 bits per heavy atom. The monoisotopic (exact) mass is 281 g/mol. The Labute approximate surface area is 111 Å². The normalized spacial score (nSPS) is 11.6. The van der Waals surface area contributed by atoms with Crippen LogP contribution in [0.5, 0.6) is 0 Å². The third-order valence-corrected chi connectivity index (χ3v) is 3.34. The second-order valence-corrected chi connectivity index (χ2v) is 5.54. The molecular formula is C12H15N3O3S. The van der Waals surface area contributed by atoms with E-state index in [4.69, 9.17) is 9.56 Å². The highest BCUT2D eigenvalue weighted by atomic mass is 32.2. The lowest BCUT2D eigenvalue weighted by atomic mass is 10.2. The van der Waals surface area contributed by atoms with Crippen molar-refractivity contribution in [1.29, 1.82) is 0 Å². The lowest BCUT2D eigenvalue weighted by Gasteiger charge is -2.02. The van der Waals surface area contributed by atoms with Crippen LogP contribution < -0.4 is 10.5 Å². The van der Waals surface area contributed by atoms with E-state index in [1.54, 1.807) is 18.5 Å². The summed E-state index contributed by atoms with van der Waals surface area (Å²) in [5.41, 5.74) is 1.19. The van der Waals surface area contributed by atoms with Crippen LogP contribution in [0.4, 0.5) is 0 Å². The summed E-state index contributed by atoms with van der Waals surface area (Å²) >= 11 is 0. The van der Waals surface area contributed by atoms with Crippen molar-refractivity contribution in [3.8, 4) is 0 Å². The molecule has 0 atom stereocenters. The van der Waals surface area contributed by atoms with E-state index < -0.39 is 10.0 Å². The highest BCUT2D eigenvalue weighted by Gasteiger charge is 2.12. The van der Waals surface area contributed by atoms with E-state index >= 15 is 0 Å². The van der Waals surface area contributed by atoms with Gasteiger partial charge in [0.2, 0.25) is 5.09 Å². The van der Waals surface area contributed by atoms with Crippen LogP contribution in [0.3, 0.4) is 0 Å². The molecular weight excluding hydrogens is 266 g/mol. The van der Waals surface area contributed by atoms with Crippen LogP contribution in [0, 0.1) is 0 Å². The van der Waals surface area contributed by atoms with Gasteiger partial charge in [-0.2, -0.15) is 0 Å². The second kappa shape index (κ2) is 5.96. The number of furan rings is 1. The molecule has 0 saturated heterocycles. The number of hydrogen-bond acceptors (Lipinski definition) is 5. The van der Waals surface area contributed by atoms with Gasteiger partial charge in [-0.25, -0.2) is 13.6 Å². The van der Waals surface area contributed by atoms with Gasteiger partial charge in [-0.3, -0.25) is 4.98 Å². The molecule has 0 aliphatic heterocycles. The third kappa shape index (κ3) is 4.16. The lowest BCUT2D eigenvalue weighted by molar-refractivity contribution is 0.403. The minimum Gasteiger partial charge on any atom is -0.447 e. The van der Waals surface area contributed by atoms with Crippen molar-refractivity contribution in [3.05, 3.63) is 48.0 Å². The average Bonchev–Trinajstić information content (AvgIpc) is 2.85. The molecule has 0 bridgehead atoms. The zero-order chi connectivity index (χ0) is 13.7. The second-order valence-electron chi connectivity index (χ2n) is 4.05. The van der Waals surface area contributed by atoms with Crippen molar-refractivity contribution in [2.45, 2.75) is 18.1 Å². The van der Waals surface area contributed by atoms with Crippen LogP contribution >= 0.6 is 0 Å². The molecule has 6 nitrogen and oxygen atoms in total. The number of pyridine rings is 1. The molecule has 0 radical (unpaired) electrons. The van der Waals surface area contributed by atoms with Gasteiger partial charge in [-0.05, 0) is 42.8 Å². The molecule has 0 aliphatic rings. The summed E-state index contributed by atoms with van der Waals surface area (Å²) in [7, 11) is -3.76. The lowest BCUT2D eigenvalue weighted by Crippen LogP contribution is -2.16. The largest absolute Gasteiger partial charge is 0.447 e. The van der Waals surface area contributed by atoms with Crippen molar-refractivity contribution in [3.63, 3.8) is 0 Å². The Balaban J connectivity index is 1.79. The van der Waals surface area contributed by atoms with Crippen molar-refractivity contribution >= 4 is 10.0 Å². The van der Waals surface area contributed by atoms with Gasteiger partial charge in [0.25, 0.3) is 10.0 Å². The summed E-state index contributed by atoms with van der Waals surface area (Å²) in [6.45, 7) is 1.22. The number of hydrogen-bond donors (Lipinski definition) is 2. The maximum atomic E-state index is 11.0. The van der Waals surface area contributed by atoms with Crippen LogP contribution in [0.15, 0.2) is 46.2 Å². The predicted octanol–water partition coefficient (Wildman–Crippen LogP) is 0.654. The van der Waals surface area contributed by atoms with E-state index in [9.17, 15) is 8.42 Å². The van der Waals surface area contributed by atoms with Crippen LogP contribution in [0.2, 0.25) is 0 Å². The first-order valence-corrected chi connectivity index (χ1v) is 7.31. The molecule has 2 aromatic heterocycles. The molecule has 2 rings (SSSR count). The summed E-state index contributed by atoms with van der Waals surface area (Å²) < 4.78 is 27.2. The van der Waals surface area contributed by atoms with Gasteiger partial charge >= 0.3 is 0 Å². The van der Waals surface area contributed by atoms with E-state index in [-0.39, 0.29) is 5.09 Å². The topological polar surface area (TPSA) is 98.2 Å². The summed E-state index contributed by atoms with van der Waals surface area (Å²) in [6, 6.07) is 6.86. The Morgan fingerprint density at radius 3 is 2.58 bits per heavy atom. The SMILES string of the molecule is NS(=O)(=O)c1ccc(CNCCc2ccncc2)o1. The number of rotatable bonds is 6. The first kappa shape index (κ1) is 13.7. The zero-order valence-electron chi connectivity index (χ0n) is 10.2. The van der Waals surface area contributed by atoms with Gasteiger partial charge in [0.15, 0.2) is 0 Å². The fraction of sp³-hybridized carbons (Fsp3) is 0.250. The number of sulfonamides is 1. The molecule has 0 saturated carbocycles. The Hall–Kier alpha value is -1.70. The van der Waals surface area contributed by atoms with Crippen LogP contribution in [-0.4, -0.2) is 19.9 Å². The van der Waals surface area contributed by atoms with Crippen molar-refractivity contribution < 1.29 is 12.8 Å². The van der Waals surface area contributed by atoms with Gasteiger partial charge in [-0.15, -0.1) is 0 Å². The number of nitrogens with zero attached hydrogens (tertiary/aromatic N) is 1. The van der Waals surface area contributed by atoms with Gasteiger partial charge in [0.1, 0.15) is 5.76 Å². The predicted molar refractivity (Wildman–Crippen MR) is 69.7 cm³/mol. The quantitative estimate of drug-likeness (QED) is 0.758. The first-order chi connectivity index (χ1) is 9.05. The standard InChI is InChI=1S/C12H15N3O3S/c13-19(16,17)12-2-1-11(18-12)9-15-8-5-10-3-6-14-7-4-10/h1-4,6-7,15H,5,8-9H2,(H2,13,16,17). The first-order valence-electron chi connectivity index (χ1n) is 5.77. The van der Waals surface area contributed by atoms with Gasteiger partial charge in [0.05, 0.1) is 6.54 Å². The molecule has 0 aromatic carbocycles. The maximum absolute atomic E-state index is 11.0. The summed E-state index contributed by atoms with van der Waals surface area (Å²) in [5.74, 6) is 0.541. The molecule has 102 valence electrons. The Morgan fingerprint density at radius 2 is 1.95 bits per heavy atom. The Bertz CT molecular complexity index is 623. The van der Waals surface area contributed by atoms with Crippen molar-refractivity contribution in [2.75, 3.05) is 6.54 Å². The van der Waals surface area contributed by atoms with Gasteiger partial charge in [0, 0.05) is 12.4 Å². The zero-order valence-corrected chi connectivity index (χ0v) is 11.1. The smallest absolute Gasteiger partial charge is 0.271 e. The van der Waals surface area contributed by atoms with Crippen LogP contribution in [-0.2, 0) is 23.0 Å². The van der Waals surface area contributed by atoms with Crippen molar-refractivity contribution in [1.82, 2.24) is 10.3 Å². The molecule has 0 unspecified atom stereocenters. The number of primary sulfonamides is 1. The molecule has 2 heterocycles.